The Morgan fingerprint density at radius 3 is 2.44 bits per heavy atom. The maximum Gasteiger partial charge on any atom is 0.119 e. The molecule has 1 heterocycles. The molecule has 18 heavy (non-hydrogen) atoms. The second kappa shape index (κ2) is 6.21. The van der Waals surface area contributed by atoms with Crippen molar-refractivity contribution in [3.63, 3.8) is 0 Å². The number of nitrogens with zero attached hydrogens (tertiary/aromatic N) is 1. The van der Waals surface area contributed by atoms with E-state index in [1.54, 1.807) is 0 Å². The normalized spacial score (nSPS) is 19.7. The average Bonchev–Trinajstić information content (AvgIpc) is 2.34. The Bertz CT molecular complexity index is 353. The highest BCUT2D eigenvalue weighted by Crippen LogP contribution is 2.19. The zero-order valence-electron chi connectivity index (χ0n) is 11.4. The van der Waals surface area contributed by atoms with Crippen molar-refractivity contribution in [3.05, 3.63) is 29.8 Å². The molecule has 1 unspecified atom stereocenters. The summed E-state index contributed by atoms with van der Waals surface area (Å²) in [6.07, 6.45) is 3.55. The minimum Gasteiger partial charge on any atom is -0.490 e. The number of likely N-dealkylation sites (tertiary alicyclic amines) is 1. The number of hydrogen-bond acceptors (Lipinski definition) is 3. The van der Waals surface area contributed by atoms with E-state index in [0.29, 0.717) is 6.10 Å². The summed E-state index contributed by atoms with van der Waals surface area (Å²) in [5, 5.41) is 0. The van der Waals surface area contributed by atoms with Gasteiger partial charge in [-0.2, -0.15) is 0 Å². The lowest BCUT2D eigenvalue weighted by Gasteiger charge is -2.29. The number of nitrogens with two attached hydrogens (primary N) is 1. The molecule has 0 saturated carbocycles. The van der Waals surface area contributed by atoms with E-state index >= 15 is 0 Å². The molecule has 2 N–H and O–H groups in total. The number of rotatable bonds is 4. The van der Waals surface area contributed by atoms with Crippen LogP contribution >= 0.6 is 0 Å². The van der Waals surface area contributed by atoms with Gasteiger partial charge in [-0.15, -0.1) is 0 Å². The maximum absolute atomic E-state index is 6.01. The van der Waals surface area contributed by atoms with Crippen LogP contribution in [0.1, 0.15) is 25.3 Å². The first kappa shape index (κ1) is 13.4. The summed E-state index contributed by atoms with van der Waals surface area (Å²) in [5.41, 5.74) is 7.07. The Morgan fingerprint density at radius 1 is 1.28 bits per heavy atom. The molecule has 1 aliphatic rings. The average molecular weight is 248 g/mol. The van der Waals surface area contributed by atoms with E-state index in [1.807, 2.05) is 6.92 Å². The SMILES string of the molecule is CC(N)Cc1ccc(OC2CCN(C)CC2)cc1. The summed E-state index contributed by atoms with van der Waals surface area (Å²) in [5.74, 6) is 0.984. The minimum atomic E-state index is 0.214. The number of ether oxygens (including phenoxy) is 1. The maximum atomic E-state index is 6.01. The van der Waals surface area contributed by atoms with Gasteiger partial charge >= 0.3 is 0 Å². The van der Waals surface area contributed by atoms with Gasteiger partial charge in [0.25, 0.3) is 0 Å². The fourth-order valence-corrected chi connectivity index (χ4v) is 2.37. The Balaban J connectivity index is 1.86. The standard InChI is InChI=1S/C15H24N2O/c1-12(16)11-13-3-5-14(6-4-13)18-15-7-9-17(2)10-8-15/h3-6,12,15H,7-11,16H2,1-2H3. The van der Waals surface area contributed by atoms with E-state index in [9.17, 15) is 0 Å². The van der Waals surface area contributed by atoms with Crippen LogP contribution in [0.3, 0.4) is 0 Å². The van der Waals surface area contributed by atoms with Crippen molar-refractivity contribution in [1.82, 2.24) is 4.90 Å². The highest BCUT2D eigenvalue weighted by molar-refractivity contribution is 5.28. The van der Waals surface area contributed by atoms with Gasteiger partial charge < -0.3 is 15.4 Å². The quantitative estimate of drug-likeness (QED) is 0.886. The molecule has 1 aromatic carbocycles. The lowest BCUT2D eigenvalue weighted by Crippen LogP contribution is -2.35. The fourth-order valence-electron chi connectivity index (χ4n) is 2.37. The minimum absolute atomic E-state index is 0.214. The Labute approximate surface area is 110 Å². The molecule has 3 nitrogen and oxygen atoms in total. The van der Waals surface area contributed by atoms with Crippen LogP contribution < -0.4 is 10.5 Å². The number of benzene rings is 1. The molecule has 100 valence electrons. The van der Waals surface area contributed by atoms with Crippen molar-refractivity contribution in [2.45, 2.75) is 38.3 Å². The summed E-state index contributed by atoms with van der Waals surface area (Å²) in [6.45, 7) is 4.30. The molecule has 1 atom stereocenters. The zero-order valence-corrected chi connectivity index (χ0v) is 11.4. The van der Waals surface area contributed by atoms with Gasteiger partial charge in [0.15, 0.2) is 0 Å². The van der Waals surface area contributed by atoms with Gasteiger partial charge in [-0.05, 0) is 50.9 Å². The van der Waals surface area contributed by atoms with Crippen LogP contribution in [0.15, 0.2) is 24.3 Å². The summed E-state index contributed by atoms with van der Waals surface area (Å²) in [4.78, 5) is 2.35. The van der Waals surface area contributed by atoms with Crippen LogP contribution in [0.25, 0.3) is 0 Å². The lowest BCUT2D eigenvalue weighted by molar-refractivity contribution is 0.114. The molecule has 2 rings (SSSR count). The molecule has 0 radical (unpaired) electrons. The van der Waals surface area contributed by atoms with Crippen LogP contribution in [0.2, 0.25) is 0 Å². The predicted molar refractivity (Wildman–Crippen MR) is 74.9 cm³/mol. The smallest absolute Gasteiger partial charge is 0.119 e. The first-order valence-corrected chi connectivity index (χ1v) is 6.83. The largest absolute Gasteiger partial charge is 0.490 e. The molecular formula is C15H24N2O. The van der Waals surface area contributed by atoms with Crippen molar-refractivity contribution >= 4 is 0 Å². The molecule has 1 saturated heterocycles. The van der Waals surface area contributed by atoms with E-state index < -0.39 is 0 Å². The second-order valence-electron chi connectivity index (χ2n) is 5.45. The molecule has 1 fully saturated rings. The van der Waals surface area contributed by atoms with Crippen molar-refractivity contribution in [1.29, 1.82) is 0 Å². The molecule has 0 aromatic heterocycles. The van der Waals surface area contributed by atoms with Crippen LogP contribution in [-0.2, 0) is 6.42 Å². The van der Waals surface area contributed by atoms with Crippen LogP contribution in [-0.4, -0.2) is 37.2 Å². The third kappa shape index (κ3) is 4.00. The van der Waals surface area contributed by atoms with E-state index in [-0.39, 0.29) is 6.04 Å². The second-order valence-corrected chi connectivity index (χ2v) is 5.45. The highest BCUT2D eigenvalue weighted by Gasteiger charge is 2.17. The van der Waals surface area contributed by atoms with Gasteiger partial charge in [-0.25, -0.2) is 0 Å². The first-order chi connectivity index (χ1) is 8.63. The van der Waals surface area contributed by atoms with Gasteiger partial charge in [0, 0.05) is 19.1 Å². The summed E-state index contributed by atoms with van der Waals surface area (Å²) < 4.78 is 6.01. The molecule has 0 aliphatic carbocycles. The lowest BCUT2D eigenvalue weighted by atomic mass is 10.1. The summed E-state index contributed by atoms with van der Waals surface area (Å²) in [6, 6.07) is 8.58. The Morgan fingerprint density at radius 2 is 1.89 bits per heavy atom. The van der Waals surface area contributed by atoms with Gasteiger partial charge in [0.1, 0.15) is 11.9 Å². The molecular weight excluding hydrogens is 224 g/mol. The molecule has 1 aliphatic heterocycles. The molecule has 0 amide bonds. The van der Waals surface area contributed by atoms with E-state index in [2.05, 4.69) is 36.2 Å². The summed E-state index contributed by atoms with van der Waals surface area (Å²) >= 11 is 0. The third-order valence-electron chi connectivity index (χ3n) is 3.45. The topological polar surface area (TPSA) is 38.5 Å². The number of hydrogen-bond donors (Lipinski definition) is 1. The fraction of sp³-hybridized carbons (Fsp3) is 0.600. The zero-order chi connectivity index (χ0) is 13.0. The third-order valence-corrected chi connectivity index (χ3v) is 3.45. The molecule has 0 spiro atoms. The van der Waals surface area contributed by atoms with E-state index in [1.165, 1.54) is 5.56 Å². The molecule has 3 heteroatoms. The van der Waals surface area contributed by atoms with Crippen molar-refractivity contribution < 1.29 is 4.74 Å². The van der Waals surface area contributed by atoms with E-state index in [0.717, 1.165) is 38.1 Å². The van der Waals surface area contributed by atoms with E-state index in [4.69, 9.17) is 10.5 Å². The summed E-state index contributed by atoms with van der Waals surface area (Å²) in [7, 11) is 2.17. The van der Waals surface area contributed by atoms with Gasteiger partial charge in [-0.1, -0.05) is 12.1 Å². The predicted octanol–water partition coefficient (Wildman–Crippen LogP) is 2.05. The number of piperidine rings is 1. The van der Waals surface area contributed by atoms with Crippen LogP contribution in [0.5, 0.6) is 5.75 Å². The van der Waals surface area contributed by atoms with Crippen molar-refractivity contribution in [2.24, 2.45) is 5.73 Å². The van der Waals surface area contributed by atoms with Crippen LogP contribution in [0.4, 0.5) is 0 Å². The monoisotopic (exact) mass is 248 g/mol. The highest BCUT2D eigenvalue weighted by atomic mass is 16.5. The Hall–Kier alpha value is -1.06. The van der Waals surface area contributed by atoms with Gasteiger partial charge in [0.2, 0.25) is 0 Å². The van der Waals surface area contributed by atoms with Crippen molar-refractivity contribution in [2.75, 3.05) is 20.1 Å². The van der Waals surface area contributed by atoms with Gasteiger partial charge in [-0.3, -0.25) is 0 Å². The van der Waals surface area contributed by atoms with Gasteiger partial charge in [0.05, 0.1) is 0 Å². The Kier molecular flexibility index (Phi) is 4.61. The first-order valence-electron chi connectivity index (χ1n) is 6.83. The van der Waals surface area contributed by atoms with Crippen LogP contribution in [0, 0.1) is 0 Å². The molecule has 0 bridgehead atoms. The molecule has 1 aromatic rings. The van der Waals surface area contributed by atoms with Crippen molar-refractivity contribution in [3.8, 4) is 5.75 Å².